The van der Waals surface area contributed by atoms with Gasteiger partial charge in [-0.2, -0.15) is 5.10 Å². The second-order valence-corrected chi connectivity index (χ2v) is 4.47. The van der Waals surface area contributed by atoms with Crippen LogP contribution >= 0.6 is 12.2 Å². The van der Waals surface area contributed by atoms with Crippen molar-refractivity contribution in [3.8, 4) is 5.69 Å². The highest BCUT2D eigenvalue weighted by molar-refractivity contribution is 7.78. The molecule has 92 valence electrons. The summed E-state index contributed by atoms with van der Waals surface area (Å²) < 4.78 is 1.98. The molecule has 2 nitrogen and oxygen atoms in total. The highest BCUT2D eigenvalue weighted by Crippen LogP contribution is 2.19. The summed E-state index contributed by atoms with van der Waals surface area (Å²) in [6.07, 6.45) is 4.98. The van der Waals surface area contributed by atoms with Crippen LogP contribution in [0.3, 0.4) is 0 Å². The number of allylic oxidation sites excluding steroid dienone is 1. The van der Waals surface area contributed by atoms with Crippen LogP contribution in [0.15, 0.2) is 36.4 Å². The Labute approximate surface area is 113 Å². The molecule has 0 radical (unpaired) electrons. The molecule has 0 spiro atoms. The molecular weight excluding hydrogens is 240 g/mol. The number of benzene rings is 1. The van der Waals surface area contributed by atoms with Gasteiger partial charge in [0.25, 0.3) is 0 Å². The lowest BCUT2D eigenvalue weighted by Crippen LogP contribution is -1.98. The number of hydrogen-bond acceptors (Lipinski definition) is 2. The molecule has 2 rings (SSSR count). The van der Waals surface area contributed by atoms with E-state index in [1.165, 1.54) is 5.56 Å². The van der Waals surface area contributed by atoms with E-state index in [2.05, 4.69) is 36.3 Å². The van der Waals surface area contributed by atoms with Crippen LogP contribution in [-0.2, 0) is 0 Å². The Morgan fingerprint density at radius 1 is 1.22 bits per heavy atom. The van der Waals surface area contributed by atoms with Gasteiger partial charge in [-0.25, -0.2) is 4.68 Å². The molecule has 1 aromatic heterocycles. The van der Waals surface area contributed by atoms with E-state index >= 15 is 0 Å². The Morgan fingerprint density at radius 2 is 1.94 bits per heavy atom. The predicted octanol–water partition coefficient (Wildman–Crippen LogP) is 3.89. The molecule has 0 aliphatic carbocycles. The summed E-state index contributed by atoms with van der Waals surface area (Å²) in [7, 11) is 0. The Kier molecular flexibility index (Phi) is 4.05. The molecule has 1 heterocycles. The first kappa shape index (κ1) is 12.7. The molecule has 0 atom stereocenters. The number of para-hydroxylation sites is 1. The molecule has 0 amide bonds. The second-order valence-electron chi connectivity index (χ2n) is 4.14. The van der Waals surface area contributed by atoms with E-state index in [1.54, 1.807) is 5.37 Å². The van der Waals surface area contributed by atoms with Crippen LogP contribution in [0.2, 0.25) is 0 Å². The van der Waals surface area contributed by atoms with Gasteiger partial charge in [0.15, 0.2) is 0 Å². The highest BCUT2D eigenvalue weighted by atomic mass is 32.1. The van der Waals surface area contributed by atoms with Gasteiger partial charge in [0.1, 0.15) is 0 Å². The summed E-state index contributed by atoms with van der Waals surface area (Å²) in [5.74, 6) is 0. The van der Waals surface area contributed by atoms with Gasteiger partial charge in [-0.05, 0) is 37.8 Å². The smallest absolute Gasteiger partial charge is 0.0673 e. The third-order valence-electron chi connectivity index (χ3n) is 2.86. The molecule has 0 unspecified atom stereocenters. The van der Waals surface area contributed by atoms with Crippen LogP contribution < -0.4 is 0 Å². The number of nitrogens with zero attached hydrogens (tertiary/aromatic N) is 2. The van der Waals surface area contributed by atoms with Crippen molar-refractivity contribution >= 4 is 23.7 Å². The summed E-state index contributed by atoms with van der Waals surface area (Å²) in [6.45, 7) is 4.12. The molecule has 18 heavy (non-hydrogen) atoms. The summed E-state index contributed by atoms with van der Waals surface area (Å²) in [5, 5.41) is 6.31. The maximum absolute atomic E-state index is 4.82. The topological polar surface area (TPSA) is 17.8 Å². The van der Waals surface area contributed by atoms with Gasteiger partial charge in [-0.3, -0.25) is 0 Å². The summed E-state index contributed by atoms with van der Waals surface area (Å²) >= 11 is 4.82. The quantitative estimate of drug-likeness (QED) is 0.772. The summed E-state index contributed by atoms with van der Waals surface area (Å²) in [5.41, 5.74) is 4.46. The largest absolute Gasteiger partial charge is 0.237 e. The second kappa shape index (κ2) is 5.74. The Balaban J connectivity index is 2.41. The average Bonchev–Trinajstić information content (AvgIpc) is 2.68. The Bertz CT molecular complexity index is 568. The number of thiocarbonyl (C=S) groups is 1. The van der Waals surface area contributed by atoms with Crippen LogP contribution in [0, 0.1) is 13.8 Å². The first-order valence-corrected chi connectivity index (χ1v) is 6.43. The zero-order valence-corrected chi connectivity index (χ0v) is 11.4. The van der Waals surface area contributed by atoms with Crippen molar-refractivity contribution in [3.05, 3.63) is 53.4 Å². The minimum absolute atomic E-state index is 0.810. The molecular formula is C15H16N2S. The van der Waals surface area contributed by atoms with E-state index in [0.29, 0.717) is 0 Å². The molecule has 1 aromatic carbocycles. The Hall–Kier alpha value is -1.74. The summed E-state index contributed by atoms with van der Waals surface area (Å²) in [6, 6.07) is 10.2. The fourth-order valence-corrected chi connectivity index (χ4v) is 2.07. The minimum atomic E-state index is 0.810. The van der Waals surface area contributed by atoms with Gasteiger partial charge in [-0.15, -0.1) is 0 Å². The minimum Gasteiger partial charge on any atom is -0.237 e. The molecule has 0 saturated carbocycles. The number of aryl methyl sites for hydroxylation is 1. The maximum atomic E-state index is 4.82. The number of aromatic nitrogens is 2. The molecule has 0 N–H and O–H groups in total. The van der Waals surface area contributed by atoms with E-state index in [1.807, 2.05) is 29.8 Å². The molecule has 0 aliphatic heterocycles. The van der Waals surface area contributed by atoms with Crippen LogP contribution in [-0.4, -0.2) is 15.1 Å². The molecule has 0 aliphatic rings. The SMILES string of the molecule is Cc1nn(-c2ccccc2)c(C)c1/C=C\CC=S. The third-order valence-corrected chi connectivity index (χ3v) is 3.06. The van der Waals surface area contributed by atoms with Crippen molar-refractivity contribution in [2.75, 3.05) is 0 Å². The molecule has 0 saturated heterocycles. The zero-order chi connectivity index (χ0) is 13.0. The standard InChI is InChI=1S/C15H16N2S/c1-12-15(10-6-7-11-18)13(2)17(16-12)14-8-4-3-5-9-14/h3-6,8-11H,7H2,1-2H3/b10-6-. The zero-order valence-electron chi connectivity index (χ0n) is 10.6. The third kappa shape index (κ3) is 2.57. The van der Waals surface area contributed by atoms with Crippen LogP contribution in [0.25, 0.3) is 11.8 Å². The molecule has 0 bridgehead atoms. The van der Waals surface area contributed by atoms with Crippen LogP contribution in [0.5, 0.6) is 0 Å². The van der Waals surface area contributed by atoms with Crippen molar-refractivity contribution < 1.29 is 0 Å². The van der Waals surface area contributed by atoms with Gasteiger partial charge in [-0.1, -0.05) is 42.6 Å². The van der Waals surface area contributed by atoms with Gasteiger partial charge in [0.2, 0.25) is 0 Å². The van der Waals surface area contributed by atoms with Gasteiger partial charge < -0.3 is 0 Å². The molecule has 3 heteroatoms. The molecule has 2 aromatic rings. The first-order valence-electron chi connectivity index (χ1n) is 5.96. The van der Waals surface area contributed by atoms with E-state index < -0.39 is 0 Å². The van der Waals surface area contributed by atoms with E-state index in [9.17, 15) is 0 Å². The lowest BCUT2D eigenvalue weighted by molar-refractivity contribution is 0.833. The van der Waals surface area contributed by atoms with Crippen molar-refractivity contribution in [2.45, 2.75) is 20.3 Å². The maximum Gasteiger partial charge on any atom is 0.0673 e. The predicted molar refractivity (Wildman–Crippen MR) is 80.3 cm³/mol. The summed E-state index contributed by atoms with van der Waals surface area (Å²) in [4.78, 5) is 0. The normalized spacial score (nSPS) is 11.0. The van der Waals surface area contributed by atoms with Crippen molar-refractivity contribution in [1.29, 1.82) is 0 Å². The van der Waals surface area contributed by atoms with E-state index in [4.69, 9.17) is 12.2 Å². The first-order chi connectivity index (χ1) is 8.74. The molecule has 0 fully saturated rings. The Morgan fingerprint density at radius 3 is 2.61 bits per heavy atom. The van der Waals surface area contributed by atoms with Crippen LogP contribution in [0.4, 0.5) is 0 Å². The van der Waals surface area contributed by atoms with Gasteiger partial charge >= 0.3 is 0 Å². The highest BCUT2D eigenvalue weighted by Gasteiger charge is 2.09. The van der Waals surface area contributed by atoms with Crippen LogP contribution in [0.1, 0.15) is 23.4 Å². The van der Waals surface area contributed by atoms with Crippen molar-refractivity contribution in [2.24, 2.45) is 0 Å². The fourth-order valence-electron chi connectivity index (χ4n) is 1.96. The van der Waals surface area contributed by atoms with E-state index in [-0.39, 0.29) is 0 Å². The average molecular weight is 256 g/mol. The lowest BCUT2D eigenvalue weighted by Gasteiger charge is -2.03. The van der Waals surface area contributed by atoms with Gasteiger partial charge in [0, 0.05) is 11.3 Å². The van der Waals surface area contributed by atoms with E-state index in [0.717, 1.165) is 23.5 Å². The monoisotopic (exact) mass is 256 g/mol. The fraction of sp³-hybridized carbons (Fsp3) is 0.200. The number of rotatable bonds is 4. The van der Waals surface area contributed by atoms with Gasteiger partial charge in [0.05, 0.1) is 11.4 Å². The van der Waals surface area contributed by atoms with Crippen molar-refractivity contribution in [1.82, 2.24) is 9.78 Å². The lowest BCUT2D eigenvalue weighted by atomic mass is 10.1. The number of hydrogen-bond donors (Lipinski definition) is 0. The van der Waals surface area contributed by atoms with Crippen molar-refractivity contribution in [3.63, 3.8) is 0 Å².